The maximum absolute atomic E-state index is 12.5. The third-order valence-corrected chi connectivity index (χ3v) is 4.77. The van der Waals surface area contributed by atoms with E-state index in [1.165, 1.54) is 11.3 Å². The average Bonchev–Trinajstić information content (AvgIpc) is 3.06. The highest BCUT2D eigenvalue weighted by atomic mass is 32.1. The Kier molecular flexibility index (Phi) is 4.75. The van der Waals surface area contributed by atoms with Crippen LogP contribution in [0.15, 0.2) is 10.9 Å². The minimum atomic E-state index is -0.846. The van der Waals surface area contributed by atoms with E-state index in [2.05, 4.69) is 11.9 Å². The van der Waals surface area contributed by atoms with Gasteiger partial charge in [0, 0.05) is 12.4 Å². The van der Waals surface area contributed by atoms with Gasteiger partial charge in [0.1, 0.15) is 0 Å². The molecule has 110 valence electrons. The summed E-state index contributed by atoms with van der Waals surface area (Å²) in [7, 11) is 1.72. The van der Waals surface area contributed by atoms with Crippen molar-refractivity contribution in [2.24, 2.45) is 17.8 Å². The molecule has 2 rings (SSSR count). The lowest BCUT2D eigenvalue weighted by molar-refractivity contribution is -0.148. The van der Waals surface area contributed by atoms with Gasteiger partial charge in [-0.3, -0.25) is 9.59 Å². The average molecular weight is 296 g/mol. The van der Waals surface area contributed by atoms with Crippen molar-refractivity contribution in [3.8, 4) is 0 Å². The Morgan fingerprint density at radius 3 is 2.70 bits per heavy atom. The maximum Gasteiger partial charge on any atom is 0.307 e. The molecule has 5 nitrogen and oxygen atoms in total. The summed E-state index contributed by atoms with van der Waals surface area (Å²) in [4.78, 5) is 29.6. The number of carbonyl (C=O) groups is 2. The molecule has 6 heteroatoms. The molecule has 1 saturated carbocycles. The number of aliphatic carboxylic acids is 1. The second-order valence-electron chi connectivity index (χ2n) is 5.47. The monoisotopic (exact) mass is 296 g/mol. The lowest BCUT2D eigenvalue weighted by Gasteiger charge is -2.22. The standard InChI is InChI=1S/C14H20N2O3S/c1-3-9-4-11(12(5-9)14(18)19)13(17)16(2)6-10-7-20-8-15-10/h7-9,11-12H,3-6H2,1-2H3,(H,18,19)/t9?,11-,12+/m0/s1. The zero-order valence-corrected chi connectivity index (χ0v) is 12.6. The SMILES string of the molecule is CCC1C[C@H](C(=O)N(C)Cc2cscn2)[C@H](C(=O)O)C1. The van der Waals surface area contributed by atoms with Crippen molar-refractivity contribution < 1.29 is 14.7 Å². The van der Waals surface area contributed by atoms with Gasteiger partial charge in [0.05, 0.1) is 29.6 Å². The summed E-state index contributed by atoms with van der Waals surface area (Å²) in [6.07, 6.45) is 2.24. The van der Waals surface area contributed by atoms with E-state index >= 15 is 0 Å². The summed E-state index contributed by atoms with van der Waals surface area (Å²) in [6, 6.07) is 0. The number of hydrogen-bond donors (Lipinski definition) is 1. The fourth-order valence-corrected chi connectivity index (χ4v) is 3.49. The Labute approximate surface area is 122 Å². The first-order valence-corrected chi connectivity index (χ1v) is 7.82. The van der Waals surface area contributed by atoms with Crippen LogP contribution in [0.5, 0.6) is 0 Å². The third kappa shape index (κ3) is 3.17. The van der Waals surface area contributed by atoms with Gasteiger partial charge in [0.15, 0.2) is 0 Å². The molecule has 1 fully saturated rings. The second kappa shape index (κ2) is 6.35. The van der Waals surface area contributed by atoms with Crippen LogP contribution in [0.25, 0.3) is 0 Å². The topological polar surface area (TPSA) is 70.5 Å². The highest BCUT2D eigenvalue weighted by Gasteiger charge is 2.43. The van der Waals surface area contributed by atoms with E-state index in [4.69, 9.17) is 0 Å². The van der Waals surface area contributed by atoms with E-state index in [-0.39, 0.29) is 11.8 Å². The number of aromatic nitrogens is 1. The molecule has 1 aliphatic rings. The number of carbonyl (C=O) groups excluding carboxylic acids is 1. The largest absolute Gasteiger partial charge is 0.481 e. The van der Waals surface area contributed by atoms with Gasteiger partial charge in [0.2, 0.25) is 5.91 Å². The normalized spacial score (nSPS) is 25.6. The molecule has 1 heterocycles. The molecule has 0 spiro atoms. The number of amides is 1. The van der Waals surface area contributed by atoms with Gasteiger partial charge in [-0.15, -0.1) is 11.3 Å². The van der Waals surface area contributed by atoms with Crippen molar-refractivity contribution in [2.45, 2.75) is 32.7 Å². The number of carboxylic acid groups (broad SMARTS) is 1. The van der Waals surface area contributed by atoms with E-state index in [0.717, 1.165) is 12.1 Å². The smallest absolute Gasteiger partial charge is 0.307 e. The fourth-order valence-electron chi connectivity index (χ4n) is 2.94. The number of nitrogens with zero attached hydrogens (tertiary/aromatic N) is 2. The van der Waals surface area contributed by atoms with Crippen LogP contribution in [0.3, 0.4) is 0 Å². The first-order valence-electron chi connectivity index (χ1n) is 6.87. The molecule has 1 unspecified atom stereocenters. The first-order chi connectivity index (χ1) is 9.52. The van der Waals surface area contributed by atoms with Gasteiger partial charge < -0.3 is 10.0 Å². The van der Waals surface area contributed by atoms with Crippen molar-refractivity contribution in [1.29, 1.82) is 0 Å². The molecule has 3 atom stereocenters. The van der Waals surface area contributed by atoms with Crippen LogP contribution in [0.1, 0.15) is 31.9 Å². The third-order valence-electron chi connectivity index (χ3n) is 4.13. The summed E-state index contributed by atoms with van der Waals surface area (Å²) >= 11 is 1.49. The summed E-state index contributed by atoms with van der Waals surface area (Å²) in [5.41, 5.74) is 2.58. The maximum atomic E-state index is 12.5. The molecule has 0 bridgehead atoms. The van der Waals surface area contributed by atoms with Crippen molar-refractivity contribution in [2.75, 3.05) is 7.05 Å². The highest BCUT2D eigenvalue weighted by Crippen LogP contribution is 2.39. The van der Waals surface area contributed by atoms with E-state index < -0.39 is 11.9 Å². The van der Waals surface area contributed by atoms with E-state index in [9.17, 15) is 14.7 Å². The predicted molar refractivity (Wildman–Crippen MR) is 76.2 cm³/mol. The fraction of sp³-hybridized carbons (Fsp3) is 0.643. The van der Waals surface area contributed by atoms with Gasteiger partial charge in [-0.05, 0) is 18.8 Å². The van der Waals surface area contributed by atoms with Crippen LogP contribution in [0, 0.1) is 17.8 Å². The lowest BCUT2D eigenvalue weighted by Crippen LogP contribution is -2.36. The lowest BCUT2D eigenvalue weighted by atomic mass is 9.95. The molecule has 0 saturated heterocycles. The van der Waals surface area contributed by atoms with E-state index in [0.29, 0.717) is 25.3 Å². The molecule has 1 N–H and O–H groups in total. The highest BCUT2D eigenvalue weighted by molar-refractivity contribution is 7.07. The van der Waals surface area contributed by atoms with Gasteiger partial charge in [-0.25, -0.2) is 4.98 Å². The van der Waals surface area contributed by atoms with Crippen molar-refractivity contribution in [3.63, 3.8) is 0 Å². The molecule has 20 heavy (non-hydrogen) atoms. The summed E-state index contributed by atoms with van der Waals surface area (Å²) in [5.74, 6) is -1.49. The molecule has 1 aromatic rings. The van der Waals surface area contributed by atoms with Crippen LogP contribution in [0.4, 0.5) is 0 Å². The van der Waals surface area contributed by atoms with Crippen LogP contribution < -0.4 is 0 Å². The quantitative estimate of drug-likeness (QED) is 0.904. The summed E-state index contributed by atoms with van der Waals surface area (Å²) in [5, 5.41) is 11.2. The molecular weight excluding hydrogens is 276 g/mol. The van der Waals surface area contributed by atoms with Gasteiger partial charge in [0.25, 0.3) is 0 Å². The van der Waals surface area contributed by atoms with Gasteiger partial charge >= 0.3 is 5.97 Å². The van der Waals surface area contributed by atoms with Crippen LogP contribution >= 0.6 is 11.3 Å². The molecule has 0 aliphatic heterocycles. The van der Waals surface area contributed by atoms with Crippen molar-refractivity contribution >= 4 is 23.2 Å². The minimum absolute atomic E-state index is 0.0682. The molecule has 0 radical (unpaired) electrons. The first kappa shape index (κ1) is 15.0. The Balaban J connectivity index is 2.04. The number of thiazole rings is 1. The zero-order valence-electron chi connectivity index (χ0n) is 11.8. The Morgan fingerprint density at radius 1 is 1.45 bits per heavy atom. The molecule has 0 aromatic carbocycles. The Bertz CT molecular complexity index is 475. The summed E-state index contributed by atoms with van der Waals surface area (Å²) in [6.45, 7) is 2.50. The second-order valence-corrected chi connectivity index (χ2v) is 6.19. The Hall–Kier alpha value is -1.43. The Morgan fingerprint density at radius 2 is 2.15 bits per heavy atom. The van der Waals surface area contributed by atoms with E-state index in [1.807, 2.05) is 5.38 Å². The van der Waals surface area contributed by atoms with Crippen LogP contribution in [-0.4, -0.2) is 33.9 Å². The van der Waals surface area contributed by atoms with Crippen molar-refractivity contribution in [1.82, 2.24) is 9.88 Å². The number of carboxylic acids is 1. The molecule has 1 aliphatic carbocycles. The van der Waals surface area contributed by atoms with E-state index in [1.54, 1.807) is 17.5 Å². The molecule has 1 amide bonds. The van der Waals surface area contributed by atoms with Gasteiger partial charge in [-0.2, -0.15) is 0 Å². The van der Waals surface area contributed by atoms with Crippen molar-refractivity contribution in [3.05, 3.63) is 16.6 Å². The minimum Gasteiger partial charge on any atom is -0.481 e. The predicted octanol–water partition coefficient (Wildman–Crippen LogP) is 2.24. The van der Waals surface area contributed by atoms with Crippen LogP contribution in [-0.2, 0) is 16.1 Å². The van der Waals surface area contributed by atoms with Crippen LogP contribution in [0.2, 0.25) is 0 Å². The van der Waals surface area contributed by atoms with Gasteiger partial charge in [-0.1, -0.05) is 13.3 Å². The summed E-state index contributed by atoms with van der Waals surface area (Å²) < 4.78 is 0. The molecular formula is C14H20N2O3S. The zero-order chi connectivity index (χ0) is 14.7. The number of hydrogen-bond acceptors (Lipinski definition) is 4. The number of rotatable bonds is 5. The molecule has 1 aromatic heterocycles.